The Morgan fingerprint density at radius 2 is 2.04 bits per heavy atom. The Bertz CT molecular complexity index is 625. The van der Waals surface area contributed by atoms with Crippen LogP contribution in [-0.2, 0) is 19.1 Å². The molecule has 1 saturated heterocycles. The second-order valence-corrected chi connectivity index (χ2v) is 10.1. The predicted octanol–water partition coefficient (Wildman–Crippen LogP) is 3.23. The molecule has 0 radical (unpaired) electrons. The van der Waals surface area contributed by atoms with Gasteiger partial charge >= 0.3 is 5.97 Å². The van der Waals surface area contributed by atoms with Gasteiger partial charge in [0.25, 0.3) is 0 Å². The minimum absolute atomic E-state index is 0.0396. The minimum Gasteiger partial charge on any atom is -0.462 e. The van der Waals surface area contributed by atoms with Crippen molar-refractivity contribution < 1.29 is 19.1 Å². The van der Waals surface area contributed by atoms with Gasteiger partial charge in [0.15, 0.2) is 5.78 Å². The van der Waals surface area contributed by atoms with Crippen molar-refractivity contribution in [1.82, 2.24) is 0 Å². The number of rotatable bonds is 3. The Labute approximate surface area is 150 Å². The van der Waals surface area contributed by atoms with E-state index in [1.54, 1.807) is 0 Å². The monoisotopic (exact) mass is 346 g/mol. The summed E-state index contributed by atoms with van der Waals surface area (Å²) < 4.78 is 11.6. The molecule has 4 aliphatic carbocycles. The summed E-state index contributed by atoms with van der Waals surface area (Å²) in [6.07, 6.45) is 5.42. The van der Waals surface area contributed by atoms with Gasteiger partial charge in [-0.1, -0.05) is 6.92 Å². The number of carbonyl (C=O) groups is 2. The molecule has 4 bridgehead atoms. The Balaban J connectivity index is 1.37. The van der Waals surface area contributed by atoms with Crippen molar-refractivity contribution in [3.63, 3.8) is 0 Å². The number of hydrogen-bond donors (Lipinski definition) is 0. The third-order valence-electron chi connectivity index (χ3n) is 8.82. The predicted molar refractivity (Wildman–Crippen MR) is 91.6 cm³/mol. The second-order valence-electron chi connectivity index (χ2n) is 10.1. The first-order valence-corrected chi connectivity index (χ1v) is 10.2. The summed E-state index contributed by atoms with van der Waals surface area (Å²) in [5, 5.41) is 0. The zero-order valence-corrected chi connectivity index (χ0v) is 15.6. The van der Waals surface area contributed by atoms with Crippen LogP contribution in [0.4, 0.5) is 0 Å². The molecule has 1 heterocycles. The average Bonchev–Trinajstić information content (AvgIpc) is 3.35. The molecule has 0 amide bonds. The van der Waals surface area contributed by atoms with E-state index in [2.05, 4.69) is 0 Å². The van der Waals surface area contributed by atoms with Crippen molar-refractivity contribution in [2.24, 2.45) is 46.3 Å². The van der Waals surface area contributed by atoms with E-state index in [1.165, 1.54) is 12.8 Å². The Morgan fingerprint density at radius 3 is 2.72 bits per heavy atom. The number of ether oxygens (including phenoxy) is 2. The smallest absolute Gasteiger partial charge is 0.311 e. The highest BCUT2D eigenvalue weighted by Gasteiger charge is 2.71. The molecule has 5 fully saturated rings. The van der Waals surface area contributed by atoms with Gasteiger partial charge < -0.3 is 9.47 Å². The number of esters is 1. The van der Waals surface area contributed by atoms with Crippen LogP contribution in [-0.4, -0.2) is 31.1 Å². The van der Waals surface area contributed by atoms with E-state index < -0.39 is 5.41 Å². The number of ketones is 1. The lowest BCUT2D eigenvalue weighted by molar-refractivity contribution is -0.166. The number of Topliss-reactive ketones (excluding diaryl/α,β-unsaturated/α-hetero) is 1. The summed E-state index contributed by atoms with van der Waals surface area (Å²) in [5.74, 6) is 4.06. The van der Waals surface area contributed by atoms with E-state index >= 15 is 0 Å². The van der Waals surface area contributed by atoms with Crippen LogP contribution < -0.4 is 0 Å². The first-order valence-electron chi connectivity index (χ1n) is 10.2. The van der Waals surface area contributed by atoms with E-state index in [4.69, 9.17) is 9.47 Å². The third kappa shape index (κ3) is 1.98. The third-order valence-corrected chi connectivity index (χ3v) is 8.82. The van der Waals surface area contributed by atoms with Crippen molar-refractivity contribution >= 4 is 11.8 Å². The molecule has 0 aromatic carbocycles. The first-order chi connectivity index (χ1) is 11.9. The van der Waals surface area contributed by atoms with Crippen molar-refractivity contribution in [1.29, 1.82) is 0 Å². The maximum absolute atomic E-state index is 12.6. The van der Waals surface area contributed by atoms with Crippen molar-refractivity contribution in [2.45, 2.75) is 59.0 Å². The van der Waals surface area contributed by atoms with Crippen LogP contribution in [0.25, 0.3) is 0 Å². The number of hydrogen-bond acceptors (Lipinski definition) is 4. The molecule has 138 valence electrons. The van der Waals surface area contributed by atoms with Crippen LogP contribution in [0.1, 0.15) is 52.9 Å². The van der Waals surface area contributed by atoms with E-state index in [-0.39, 0.29) is 17.5 Å². The summed E-state index contributed by atoms with van der Waals surface area (Å²) in [7, 11) is 0. The van der Waals surface area contributed by atoms with Crippen LogP contribution in [0.2, 0.25) is 0 Å². The fourth-order valence-electron chi connectivity index (χ4n) is 7.34. The van der Waals surface area contributed by atoms with Crippen LogP contribution >= 0.6 is 0 Å². The molecule has 0 N–H and O–H groups in total. The molecule has 0 aromatic heterocycles. The van der Waals surface area contributed by atoms with Crippen molar-refractivity contribution in [2.75, 3.05) is 13.2 Å². The minimum atomic E-state index is -0.396. The fraction of sp³-hybridized carbons (Fsp3) is 0.905. The van der Waals surface area contributed by atoms with Gasteiger partial charge in [-0.3, -0.25) is 9.59 Å². The van der Waals surface area contributed by atoms with Gasteiger partial charge in [-0.25, -0.2) is 0 Å². The average molecular weight is 346 g/mol. The largest absolute Gasteiger partial charge is 0.462 e. The van der Waals surface area contributed by atoms with Crippen LogP contribution in [0.15, 0.2) is 0 Å². The number of carbonyl (C=O) groups excluding carboxylic acids is 2. The van der Waals surface area contributed by atoms with Crippen LogP contribution in [0, 0.1) is 46.3 Å². The molecule has 8 unspecified atom stereocenters. The molecule has 1 spiro atoms. The van der Waals surface area contributed by atoms with E-state index in [0.717, 1.165) is 25.2 Å². The number of fused-ring (bicyclic) bond motifs is 10. The first kappa shape index (κ1) is 16.3. The normalized spacial score (nSPS) is 50.0. The van der Waals surface area contributed by atoms with Gasteiger partial charge in [-0.2, -0.15) is 0 Å². The zero-order valence-electron chi connectivity index (χ0n) is 15.6. The summed E-state index contributed by atoms with van der Waals surface area (Å²) in [6, 6.07) is 0. The maximum atomic E-state index is 12.6. The highest BCUT2D eigenvalue weighted by molar-refractivity contribution is 5.88. The van der Waals surface area contributed by atoms with Gasteiger partial charge in [-0.05, 0) is 81.5 Å². The molecular formula is C21H30O4. The SMILES string of the molecule is CCC(C)(C)C(=O)OC1CC2CC1C1C2C2CC1C1(COCC1=O)C2. The van der Waals surface area contributed by atoms with Gasteiger partial charge in [-0.15, -0.1) is 0 Å². The van der Waals surface area contributed by atoms with Gasteiger partial charge in [0.05, 0.1) is 17.4 Å². The Morgan fingerprint density at radius 1 is 1.24 bits per heavy atom. The molecule has 4 heteroatoms. The lowest BCUT2D eigenvalue weighted by Crippen LogP contribution is -2.47. The maximum Gasteiger partial charge on any atom is 0.311 e. The Hall–Kier alpha value is -0.900. The van der Waals surface area contributed by atoms with Crippen molar-refractivity contribution in [3.05, 3.63) is 0 Å². The highest BCUT2D eigenvalue weighted by atomic mass is 16.5. The van der Waals surface area contributed by atoms with Gasteiger partial charge in [0, 0.05) is 0 Å². The van der Waals surface area contributed by atoms with E-state index in [0.29, 0.717) is 48.6 Å². The zero-order chi connectivity index (χ0) is 17.6. The topological polar surface area (TPSA) is 52.6 Å². The summed E-state index contributed by atoms with van der Waals surface area (Å²) in [4.78, 5) is 25.2. The lowest BCUT2D eigenvalue weighted by atomic mass is 9.60. The van der Waals surface area contributed by atoms with Crippen molar-refractivity contribution in [3.8, 4) is 0 Å². The molecule has 4 saturated carbocycles. The molecule has 1 aliphatic heterocycles. The van der Waals surface area contributed by atoms with Gasteiger partial charge in [0.1, 0.15) is 12.7 Å². The molecule has 0 aromatic rings. The molecule has 25 heavy (non-hydrogen) atoms. The fourth-order valence-corrected chi connectivity index (χ4v) is 7.34. The lowest BCUT2D eigenvalue weighted by Gasteiger charge is -2.45. The van der Waals surface area contributed by atoms with E-state index in [9.17, 15) is 9.59 Å². The molecule has 8 atom stereocenters. The standard InChI is InChI=1S/C21H30O4/c1-4-20(2,3)19(23)25-15-7-11-5-13(15)18-14-6-12(17(11)18)8-21(14)10-24-9-16(21)22/h11-15,17-18H,4-10H2,1-3H3. The summed E-state index contributed by atoms with van der Waals surface area (Å²) in [5.41, 5.74) is -0.583. The van der Waals surface area contributed by atoms with E-state index in [1.807, 2.05) is 20.8 Å². The Kier molecular flexibility index (Phi) is 3.31. The molecular weight excluding hydrogens is 316 g/mol. The molecule has 4 nitrogen and oxygen atoms in total. The van der Waals surface area contributed by atoms with Crippen LogP contribution in [0.5, 0.6) is 0 Å². The second kappa shape index (κ2) is 5.09. The van der Waals surface area contributed by atoms with Crippen LogP contribution in [0.3, 0.4) is 0 Å². The molecule has 5 rings (SSSR count). The molecule has 5 aliphatic rings. The highest BCUT2D eigenvalue weighted by Crippen LogP contribution is 2.72. The van der Waals surface area contributed by atoms with Gasteiger partial charge in [0.2, 0.25) is 0 Å². The summed E-state index contributed by atoms with van der Waals surface area (Å²) >= 11 is 0. The quantitative estimate of drug-likeness (QED) is 0.581. The summed E-state index contributed by atoms with van der Waals surface area (Å²) in [6.45, 7) is 6.96.